The Labute approximate surface area is 57.6 Å². The van der Waals surface area contributed by atoms with Crippen LogP contribution in [0.15, 0.2) is 18.2 Å². The van der Waals surface area contributed by atoms with E-state index in [1.165, 1.54) is 18.2 Å². The second-order valence-electron chi connectivity index (χ2n) is 1.90. The summed E-state index contributed by atoms with van der Waals surface area (Å²) < 4.78 is 12.5. The van der Waals surface area contributed by atoms with E-state index in [2.05, 4.69) is 0 Å². The lowest BCUT2D eigenvalue weighted by atomic mass is 10.2. The highest BCUT2D eigenvalue weighted by molar-refractivity contribution is 5.32. The SMILES string of the molecule is OCc1c(O)cccc1F. The van der Waals surface area contributed by atoms with E-state index in [1.54, 1.807) is 0 Å². The monoisotopic (exact) mass is 142 g/mol. The molecule has 0 fully saturated rings. The normalized spacial score (nSPS) is 9.80. The van der Waals surface area contributed by atoms with Crippen LogP contribution in [0.5, 0.6) is 5.75 Å². The minimum Gasteiger partial charge on any atom is -0.507 e. The number of benzene rings is 1. The van der Waals surface area contributed by atoms with Crippen molar-refractivity contribution in [1.29, 1.82) is 0 Å². The Bertz CT molecular complexity index is 215. The molecule has 3 heteroatoms. The second-order valence-corrected chi connectivity index (χ2v) is 1.90. The maximum atomic E-state index is 12.5. The van der Waals surface area contributed by atoms with Gasteiger partial charge in [-0.3, -0.25) is 0 Å². The van der Waals surface area contributed by atoms with Gasteiger partial charge in [0.15, 0.2) is 0 Å². The van der Waals surface area contributed by atoms with Crippen LogP contribution in [-0.4, -0.2) is 10.2 Å². The van der Waals surface area contributed by atoms with Gasteiger partial charge in [0.1, 0.15) is 11.6 Å². The minimum atomic E-state index is -0.581. The molecule has 54 valence electrons. The molecule has 0 saturated heterocycles. The number of halogens is 1. The van der Waals surface area contributed by atoms with Crippen LogP contribution in [-0.2, 0) is 6.61 Å². The molecule has 0 aromatic heterocycles. The van der Waals surface area contributed by atoms with E-state index in [1.807, 2.05) is 0 Å². The zero-order chi connectivity index (χ0) is 7.56. The Morgan fingerprint density at radius 1 is 1.40 bits per heavy atom. The van der Waals surface area contributed by atoms with Crippen LogP contribution in [0.2, 0.25) is 0 Å². The van der Waals surface area contributed by atoms with Crippen LogP contribution >= 0.6 is 0 Å². The highest BCUT2D eigenvalue weighted by Gasteiger charge is 2.03. The average molecular weight is 142 g/mol. The summed E-state index contributed by atoms with van der Waals surface area (Å²) in [6.07, 6.45) is 0. The molecule has 0 aliphatic carbocycles. The molecular formula is C7H7FO2. The summed E-state index contributed by atoms with van der Waals surface area (Å²) in [5.74, 6) is -0.787. The standard InChI is InChI=1S/C7H7FO2/c8-6-2-1-3-7(10)5(6)4-9/h1-3,9-10H,4H2. The first-order valence-electron chi connectivity index (χ1n) is 2.83. The molecule has 0 radical (unpaired) electrons. The smallest absolute Gasteiger partial charge is 0.132 e. The summed E-state index contributed by atoms with van der Waals surface area (Å²) in [5.41, 5.74) is -0.0532. The minimum absolute atomic E-state index is 0.0532. The Morgan fingerprint density at radius 2 is 2.10 bits per heavy atom. The molecule has 0 spiro atoms. The zero-order valence-electron chi connectivity index (χ0n) is 5.21. The van der Waals surface area contributed by atoms with Crippen LogP contribution in [0.1, 0.15) is 5.56 Å². The fourth-order valence-corrected chi connectivity index (χ4v) is 0.704. The first-order chi connectivity index (χ1) is 4.75. The van der Waals surface area contributed by atoms with Gasteiger partial charge in [0.05, 0.1) is 12.2 Å². The second kappa shape index (κ2) is 2.66. The summed E-state index contributed by atoms with van der Waals surface area (Å²) in [6.45, 7) is -0.474. The quantitative estimate of drug-likeness (QED) is 0.614. The molecule has 0 atom stereocenters. The van der Waals surface area contributed by atoms with Crippen LogP contribution in [0.3, 0.4) is 0 Å². The van der Waals surface area contributed by atoms with Crippen molar-refractivity contribution in [2.45, 2.75) is 6.61 Å². The Balaban J connectivity index is 3.17. The predicted molar refractivity (Wildman–Crippen MR) is 34.0 cm³/mol. The first kappa shape index (κ1) is 7.02. The number of phenols is 1. The summed E-state index contributed by atoms with van der Waals surface area (Å²) in [5, 5.41) is 17.4. The van der Waals surface area contributed by atoms with Gasteiger partial charge in [-0.25, -0.2) is 4.39 Å². The molecule has 0 saturated carbocycles. The molecule has 1 rings (SSSR count). The van der Waals surface area contributed by atoms with E-state index >= 15 is 0 Å². The summed E-state index contributed by atoms with van der Waals surface area (Å²) >= 11 is 0. The van der Waals surface area contributed by atoms with Gasteiger partial charge in [-0.1, -0.05) is 6.07 Å². The number of hydrogen-bond donors (Lipinski definition) is 2. The van der Waals surface area contributed by atoms with Gasteiger partial charge < -0.3 is 10.2 Å². The third-order valence-electron chi connectivity index (χ3n) is 1.25. The lowest BCUT2D eigenvalue weighted by molar-refractivity contribution is 0.269. The Hall–Kier alpha value is -1.09. The molecule has 0 unspecified atom stereocenters. The number of aliphatic hydroxyl groups is 1. The van der Waals surface area contributed by atoms with Crippen molar-refractivity contribution in [3.8, 4) is 5.75 Å². The molecule has 0 amide bonds. The zero-order valence-corrected chi connectivity index (χ0v) is 5.21. The van der Waals surface area contributed by atoms with Crippen molar-refractivity contribution in [3.63, 3.8) is 0 Å². The van der Waals surface area contributed by atoms with E-state index in [4.69, 9.17) is 10.2 Å². The van der Waals surface area contributed by atoms with E-state index < -0.39 is 12.4 Å². The molecule has 1 aromatic rings. The lowest BCUT2D eigenvalue weighted by Crippen LogP contribution is -1.88. The van der Waals surface area contributed by atoms with Crippen molar-refractivity contribution < 1.29 is 14.6 Å². The average Bonchev–Trinajstić information content (AvgIpc) is 1.88. The highest BCUT2D eigenvalue weighted by Crippen LogP contribution is 2.18. The molecule has 0 aliphatic rings. The van der Waals surface area contributed by atoms with Gasteiger partial charge in [0.2, 0.25) is 0 Å². The van der Waals surface area contributed by atoms with Gasteiger partial charge >= 0.3 is 0 Å². The van der Waals surface area contributed by atoms with Gasteiger partial charge in [-0.05, 0) is 12.1 Å². The third kappa shape index (κ3) is 1.09. The van der Waals surface area contributed by atoms with Gasteiger partial charge in [-0.15, -0.1) is 0 Å². The maximum absolute atomic E-state index is 12.5. The molecule has 0 heterocycles. The van der Waals surface area contributed by atoms with Crippen LogP contribution in [0, 0.1) is 5.82 Å². The fraction of sp³-hybridized carbons (Fsp3) is 0.143. The fourth-order valence-electron chi connectivity index (χ4n) is 0.704. The van der Waals surface area contributed by atoms with Crippen molar-refractivity contribution in [2.75, 3.05) is 0 Å². The summed E-state index contributed by atoms with van der Waals surface area (Å²) in [6, 6.07) is 3.89. The van der Waals surface area contributed by atoms with Crippen LogP contribution < -0.4 is 0 Å². The lowest BCUT2D eigenvalue weighted by Gasteiger charge is -1.99. The van der Waals surface area contributed by atoms with E-state index in [0.717, 1.165) is 0 Å². The van der Waals surface area contributed by atoms with E-state index in [0.29, 0.717) is 0 Å². The third-order valence-corrected chi connectivity index (χ3v) is 1.25. The van der Waals surface area contributed by atoms with Gasteiger partial charge in [0.25, 0.3) is 0 Å². The van der Waals surface area contributed by atoms with Crippen molar-refractivity contribution in [3.05, 3.63) is 29.6 Å². The number of hydrogen-bond acceptors (Lipinski definition) is 2. The van der Waals surface area contributed by atoms with Crippen molar-refractivity contribution >= 4 is 0 Å². The van der Waals surface area contributed by atoms with Gasteiger partial charge in [0, 0.05) is 0 Å². The highest BCUT2D eigenvalue weighted by atomic mass is 19.1. The summed E-state index contributed by atoms with van der Waals surface area (Å²) in [7, 11) is 0. The Morgan fingerprint density at radius 3 is 2.50 bits per heavy atom. The topological polar surface area (TPSA) is 40.5 Å². The number of aromatic hydroxyl groups is 1. The predicted octanol–water partition coefficient (Wildman–Crippen LogP) is 1.02. The van der Waals surface area contributed by atoms with Crippen LogP contribution in [0.4, 0.5) is 4.39 Å². The molecule has 0 bridgehead atoms. The van der Waals surface area contributed by atoms with E-state index in [9.17, 15) is 4.39 Å². The summed E-state index contributed by atoms with van der Waals surface area (Å²) in [4.78, 5) is 0. The molecule has 1 aromatic carbocycles. The molecule has 2 N–H and O–H groups in total. The Kier molecular flexibility index (Phi) is 1.87. The number of rotatable bonds is 1. The van der Waals surface area contributed by atoms with Crippen molar-refractivity contribution in [1.82, 2.24) is 0 Å². The van der Waals surface area contributed by atoms with Crippen LogP contribution in [0.25, 0.3) is 0 Å². The largest absolute Gasteiger partial charge is 0.507 e. The number of aliphatic hydroxyl groups excluding tert-OH is 1. The van der Waals surface area contributed by atoms with Gasteiger partial charge in [-0.2, -0.15) is 0 Å². The maximum Gasteiger partial charge on any atom is 0.132 e. The molecular weight excluding hydrogens is 135 g/mol. The molecule has 0 aliphatic heterocycles. The first-order valence-corrected chi connectivity index (χ1v) is 2.83. The molecule has 10 heavy (non-hydrogen) atoms. The molecule has 2 nitrogen and oxygen atoms in total. The van der Waals surface area contributed by atoms with E-state index in [-0.39, 0.29) is 11.3 Å². The van der Waals surface area contributed by atoms with Crippen molar-refractivity contribution in [2.24, 2.45) is 0 Å².